The van der Waals surface area contributed by atoms with Crippen LogP contribution in [0.4, 0.5) is 0 Å². The van der Waals surface area contributed by atoms with Crippen molar-refractivity contribution in [1.29, 1.82) is 0 Å². The number of nitrogens with two attached hydrogens (primary N) is 1. The van der Waals surface area contributed by atoms with E-state index in [9.17, 15) is 4.79 Å². The maximum Gasteiger partial charge on any atom is 0.322 e. The number of carboxylic acid groups (broad SMARTS) is 1. The molecule has 5 nitrogen and oxygen atoms in total. The van der Waals surface area contributed by atoms with Crippen molar-refractivity contribution >= 4 is 5.97 Å². The Balaban J connectivity index is 3.27. The smallest absolute Gasteiger partial charge is 0.322 e. The molecule has 0 heterocycles. The summed E-state index contributed by atoms with van der Waals surface area (Å²) in [5.41, 5.74) is 4.97. The molecule has 4 N–H and O–H groups in total. The van der Waals surface area contributed by atoms with E-state index in [1.807, 2.05) is 0 Å². The van der Waals surface area contributed by atoms with Crippen molar-refractivity contribution in [2.24, 2.45) is 5.73 Å². The third kappa shape index (κ3) is 3.89. The first-order chi connectivity index (χ1) is 4.18. The monoisotopic (exact) mass is 135 g/mol. The molecule has 0 amide bonds. The molecular weight excluding hydrogens is 126 g/mol. The van der Waals surface area contributed by atoms with Crippen LogP contribution in [0.3, 0.4) is 0 Å². The van der Waals surface area contributed by atoms with Gasteiger partial charge >= 0.3 is 5.97 Å². The topological polar surface area (TPSA) is 92.8 Å². The normalized spacial score (nSPS) is 13.1. The van der Waals surface area contributed by atoms with E-state index < -0.39 is 18.8 Å². The van der Waals surface area contributed by atoms with Gasteiger partial charge in [-0.25, -0.2) is 0 Å². The maximum absolute atomic E-state index is 9.92. The fraction of sp³-hybridized carbons (Fsp3) is 0.750. The Hall–Kier alpha value is -0.650. The zero-order valence-electron chi connectivity index (χ0n) is 4.78. The predicted molar refractivity (Wildman–Crippen MR) is 28.6 cm³/mol. The lowest BCUT2D eigenvalue weighted by Crippen LogP contribution is -2.34. The van der Waals surface area contributed by atoms with Gasteiger partial charge < -0.3 is 20.7 Å². The minimum atomic E-state index is -1.14. The summed E-state index contributed by atoms with van der Waals surface area (Å²) in [6.07, 6.45) is 0. The van der Waals surface area contributed by atoms with Crippen LogP contribution in [0.25, 0.3) is 0 Å². The average Bonchev–Trinajstić information content (AvgIpc) is 1.82. The van der Waals surface area contributed by atoms with Crippen LogP contribution in [0.15, 0.2) is 0 Å². The van der Waals surface area contributed by atoms with E-state index in [-0.39, 0.29) is 6.61 Å². The van der Waals surface area contributed by atoms with Crippen LogP contribution in [-0.4, -0.2) is 35.6 Å². The summed E-state index contributed by atoms with van der Waals surface area (Å²) < 4.78 is 4.31. The summed E-state index contributed by atoms with van der Waals surface area (Å²) in [7, 11) is 0. The molecule has 0 aromatic carbocycles. The first-order valence-electron chi connectivity index (χ1n) is 2.35. The van der Waals surface area contributed by atoms with Crippen LogP contribution in [-0.2, 0) is 9.53 Å². The van der Waals surface area contributed by atoms with E-state index in [0.717, 1.165) is 0 Å². The van der Waals surface area contributed by atoms with E-state index in [4.69, 9.17) is 15.9 Å². The Kier molecular flexibility index (Phi) is 3.94. The van der Waals surface area contributed by atoms with E-state index in [1.54, 1.807) is 0 Å². The summed E-state index contributed by atoms with van der Waals surface area (Å²) in [6.45, 7) is -0.660. The van der Waals surface area contributed by atoms with Crippen molar-refractivity contribution in [3.05, 3.63) is 0 Å². The number of hydrogen-bond donors (Lipinski definition) is 3. The number of carbonyl (C=O) groups is 1. The molecule has 0 aliphatic rings. The fourth-order valence-corrected chi connectivity index (χ4v) is 0.251. The van der Waals surface area contributed by atoms with E-state index >= 15 is 0 Å². The molecule has 0 aromatic heterocycles. The van der Waals surface area contributed by atoms with Crippen molar-refractivity contribution < 1.29 is 19.7 Å². The Morgan fingerprint density at radius 2 is 2.33 bits per heavy atom. The first kappa shape index (κ1) is 8.35. The van der Waals surface area contributed by atoms with Crippen molar-refractivity contribution in [3.63, 3.8) is 0 Å². The molecule has 0 unspecified atom stereocenters. The van der Waals surface area contributed by atoms with Crippen molar-refractivity contribution in [2.45, 2.75) is 6.04 Å². The molecule has 0 radical (unpaired) electrons. The molecule has 0 aliphatic heterocycles. The minimum Gasteiger partial charge on any atom is -0.480 e. The highest BCUT2D eigenvalue weighted by Gasteiger charge is 2.09. The van der Waals surface area contributed by atoms with Gasteiger partial charge in [-0.2, -0.15) is 0 Å². The number of carboxylic acids is 1. The third-order valence-electron chi connectivity index (χ3n) is 0.706. The predicted octanol–water partition coefficient (Wildman–Crippen LogP) is -1.64. The summed E-state index contributed by atoms with van der Waals surface area (Å²) in [5, 5.41) is 16.1. The highest BCUT2D eigenvalue weighted by atomic mass is 16.6. The van der Waals surface area contributed by atoms with Gasteiger partial charge in [-0.15, -0.1) is 0 Å². The van der Waals surface area contributed by atoms with Crippen molar-refractivity contribution in [2.75, 3.05) is 13.4 Å². The molecule has 1 atom stereocenters. The van der Waals surface area contributed by atoms with Gasteiger partial charge in [-0.3, -0.25) is 4.79 Å². The van der Waals surface area contributed by atoms with Gasteiger partial charge in [-0.1, -0.05) is 0 Å². The molecule has 54 valence electrons. The first-order valence-corrected chi connectivity index (χ1v) is 2.35. The summed E-state index contributed by atoms with van der Waals surface area (Å²) in [4.78, 5) is 9.92. The Labute approximate surface area is 52.0 Å². The van der Waals surface area contributed by atoms with E-state index in [2.05, 4.69) is 4.74 Å². The van der Waals surface area contributed by atoms with Gasteiger partial charge in [0.05, 0.1) is 6.61 Å². The molecule has 0 bridgehead atoms. The van der Waals surface area contributed by atoms with Crippen LogP contribution in [0.2, 0.25) is 0 Å². The van der Waals surface area contributed by atoms with Gasteiger partial charge in [0.2, 0.25) is 0 Å². The van der Waals surface area contributed by atoms with E-state index in [1.165, 1.54) is 0 Å². The van der Waals surface area contributed by atoms with Gasteiger partial charge in [0.25, 0.3) is 0 Å². The third-order valence-corrected chi connectivity index (χ3v) is 0.706. The molecule has 0 spiro atoms. The highest BCUT2D eigenvalue weighted by molar-refractivity contribution is 5.73. The molecule has 0 fully saturated rings. The van der Waals surface area contributed by atoms with E-state index in [0.29, 0.717) is 0 Å². The van der Waals surface area contributed by atoms with Crippen molar-refractivity contribution in [3.8, 4) is 0 Å². The SMILES string of the molecule is N[C@@H](COCO)C(=O)O. The van der Waals surface area contributed by atoms with Crippen LogP contribution < -0.4 is 5.73 Å². The second-order valence-corrected chi connectivity index (χ2v) is 1.44. The Bertz CT molecular complexity index is 94.6. The number of ether oxygens (including phenoxy) is 1. The lowest BCUT2D eigenvalue weighted by atomic mass is 10.3. The number of aliphatic hydroxyl groups excluding tert-OH is 1. The van der Waals surface area contributed by atoms with Gasteiger partial charge in [0.15, 0.2) is 0 Å². The van der Waals surface area contributed by atoms with Gasteiger partial charge in [-0.05, 0) is 0 Å². The zero-order chi connectivity index (χ0) is 7.28. The molecule has 5 heteroatoms. The molecule has 0 saturated carbocycles. The second-order valence-electron chi connectivity index (χ2n) is 1.44. The van der Waals surface area contributed by atoms with Crippen LogP contribution in [0.1, 0.15) is 0 Å². The standard InChI is InChI=1S/C4H9NO4/c5-3(4(7)8)1-9-2-6/h3,6H,1-2,5H2,(H,7,8)/t3-/m0/s1. The summed E-state index contributed by atoms with van der Waals surface area (Å²) in [5.74, 6) is -1.14. The molecular formula is C4H9NO4. The van der Waals surface area contributed by atoms with Gasteiger partial charge in [0.1, 0.15) is 12.8 Å². The van der Waals surface area contributed by atoms with Crippen LogP contribution in [0.5, 0.6) is 0 Å². The number of rotatable bonds is 4. The maximum atomic E-state index is 9.92. The summed E-state index contributed by atoms with van der Waals surface area (Å²) in [6, 6.07) is -1.04. The lowest BCUT2D eigenvalue weighted by Gasteiger charge is -2.03. The Morgan fingerprint density at radius 1 is 1.78 bits per heavy atom. The highest BCUT2D eigenvalue weighted by Crippen LogP contribution is 1.79. The largest absolute Gasteiger partial charge is 0.480 e. The minimum absolute atomic E-state index is 0.161. The van der Waals surface area contributed by atoms with Crippen LogP contribution >= 0.6 is 0 Å². The molecule has 0 saturated heterocycles. The quantitative estimate of drug-likeness (QED) is 0.402. The summed E-state index contributed by atoms with van der Waals surface area (Å²) >= 11 is 0. The fourth-order valence-electron chi connectivity index (χ4n) is 0.251. The molecule has 9 heavy (non-hydrogen) atoms. The zero-order valence-corrected chi connectivity index (χ0v) is 4.78. The number of aliphatic hydroxyl groups is 1. The second kappa shape index (κ2) is 4.25. The Morgan fingerprint density at radius 3 is 2.67 bits per heavy atom. The van der Waals surface area contributed by atoms with Gasteiger partial charge in [0, 0.05) is 0 Å². The average molecular weight is 135 g/mol. The lowest BCUT2D eigenvalue weighted by molar-refractivity contribution is -0.140. The van der Waals surface area contributed by atoms with Crippen LogP contribution in [0, 0.1) is 0 Å². The number of aliphatic carboxylic acids is 1. The molecule has 0 rings (SSSR count). The van der Waals surface area contributed by atoms with Crippen molar-refractivity contribution in [1.82, 2.24) is 0 Å². The number of hydrogen-bond acceptors (Lipinski definition) is 4. The molecule has 0 aromatic rings. The molecule has 0 aliphatic carbocycles.